The molecular weight excluding hydrogens is 368 g/mol. The predicted molar refractivity (Wildman–Crippen MR) is 106 cm³/mol. The van der Waals surface area contributed by atoms with Gasteiger partial charge in [0.2, 0.25) is 15.9 Å². The Labute approximate surface area is 159 Å². The molecular formula is C19H24N2O3S2. The van der Waals surface area contributed by atoms with Crippen LogP contribution in [0.5, 0.6) is 0 Å². The largest absolute Gasteiger partial charge is 0.334 e. The summed E-state index contributed by atoms with van der Waals surface area (Å²) in [5, 5.41) is 1.96. The van der Waals surface area contributed by atoms with Crippen molar-refractivity contribution >= 4 is 27.3 Å². The molecule has 0 bridgehead atoms. The highest BCUT2D eigenvalue weighted by atomic mass is 32.2. The maximum absolute atomic E-state index is 12.4. The lowest BCUT2D eigenvalue weighted by atomic mass is 10.1. The van der Waals surface area contributed by atoms with E-state index in [1.54, 1.807) is 40.5 Å². The van der Waals surface area contributed by atoms with E-state index >= 15 is 0 Å². The lowest BCUT2D eigenvalue weighted by molar-refractivity contribution is -0.131. The monoisotopic (exact) mass is 392 g/mol. The molecule has 1 aromatic heterocycles. The van der Waals surface area contributed by atoms with Crippen molar-refractivity contribution in [3.8, 4) is 0 Å². The Morgan fingerprint density at radius 3 is 2.65 bits per heavy atom. The molecule has 0 fully saturated rings. The average Bonchev–Trinajstić information content (AvgIpc) is 3.09. The van der Waals surface area contributed by atoms with Gasteiger partial charge in [0.05, 0.1) is 11.4 Å². The van der Waals surface area contributed by atoms with Crippen LogP contribution in [0.15, 0.2) is 53.3 Å². The molecule has 1 amide bonds. The van der Waals surface area contributed by atoms with Crippen molar-refractivity contribution in [2.75, 3.05) is 13.1 Å². The van der Waals surface area contributed by atoms with Gasteiger partial charge in [0, 0.05) is 24.4 Å². The van der Waals surface area contributed by atoms with Crippen LogP contribution >= 0.6 is 11.3 Å². The lowest BCUT2D eigenvalue weighted by Gasteiger charge is -2.20. The van der Waals surface area contributed by atoms with Crippen LogP contribution in [-0.4, -0.2) is 32.3 Å². The third-order valence-electron chi connectivity index (χ3n) is 4.05. The zero-order valence-corrected chi connectivity index (χ0v) is 16.7. The highest BCUT2D eigenvalue weighted by Gasteiger charge is 2.17. The van der Waals surface area contributed by atoms with Crippen LogP contribution < -0.4 is 4.72 Å². The molecule has 0 saturated carbocycles. The normalized spacial score (nSPS) is 11.3. The Bertz CT molecular complexity index is 859. The van der Waals surface area contributed by atoms with Crippen molar-refractivity contribution in [3.63, 3.8) is 0 Å². The summed E-state index contributed by atoms with van der Waals surface area (Å²) in [6.45, 7) is 8.48. The molecule has 1 N–H and O–H groups in total. The zero-order valence-electron chi connectivity index (χ0n) is 15.1. The molecule has 0 aliphatic carbocycles. The minimum atomic E-state index is -3.62. The van der Waals surface area contributed by atoms with E-state index in [1.165, 1.54) is 0 Å². The van der Waals surface area contributed by atoms with Gasteiger partial charge in [-0.05, 0) is 48.6 Å². The van der Waals surface area contributed by atoms with E-state index in [2.05, 4.69) is 11.3 Å². The number of nitrogens with one attached hydrogen (secondary N) is 1. The van der Waals surface area contributed by atoms with E-state index in [9.17, 15) is 13.2 Å². The second kappa shape index (κ2) is 9.12. The molecule has 1 aromatic carbocycles. The molecule has 1 heterocycles. The molecule has 0 spiro atoms. The number of hydrogen-bond donors (Lipinski definition) is 1. The number of hydrogen-bond acceptors (Lipinski definition) is 4. The van der Waals surface area contributed by atoms with Gasteiger partial charge in [-0.3, -0.25) is 4.79 Å². The molecule has 140 valence electrons. The third-order valence-corrected chi connectivity index (χ3v) is 6.37. The summed E-state index contributed by atoms with van der Waals surface area (Å²) in [6.07, 6.45) is 1.77. The van der Waals surface area contributed by atoms with Gasteiger partial charge in [-0.25, -0.2) is 13.1 Å². The van der Waals surface area contributed by atoms with Gasteiger partial charge < -0.3 is 4.90 Å². The molecule has 0 saturated heterocycles. The molecule has 2 rings (SSSR count). The summed E-state index contributed by atoms with van der Waals surface area (Å²) in [6, 6.07) is 8.90. The number of amides is 1. The Kier molecular flexibility index (Phi) is 7.14. The number of nitrogens with zero attached hydrogens (tertiary/aromatic N) is 1. The maximum atomic E-state index is 12.4. The second-order valence-electron chi connectivity index (χ2n) is 6.04. The van der Waals surface area contributed by atoms with E-state index in [-0.39, 0.29) is 23.8 Å². The fraction of sp³-hybridized carbons (Fsp3) is 0.316. The first kappa shape index (κ1) is 20.4. The van der Waals surface area contributed by atoms with Crippen LogP contribution in [-0.2, 0) is 21.4 Å². The van der Waals surface area contributed by atoms with Crippen LogP contribution in [0.4, 0.5) is 0 Å². The standard InChI is InChI=1S/C19H24N2O3S2/c1-4-11-21(14-17-6-5-12-25-17)19(22)9-10-20-26(23,24)18-8-7-15(2)16(3)13-18/h4-8,12-13,20H,1,9-11,14H2,2-3H3. The number of rotatable bonds is 9. The highest BCUT2D eigenvalue weighted by Crippen LogP contribution is 2.15. The third kappa shape index (κ3) is 5.52. The van der Waals surface area contributed by atoms with Crippen LogP contribution in [0.1, 0.15) is 22.4 Å². The van der Waals surface area contributed by atoms with Crippen molar-refractivity contribution in [3.05, 3.63) is 64.4 Å². The average molecular weight is 393 g/mol. The number of benzene rings is 1. The van der Waals surface area contributed by atoms with E-state index < -0.39 is 10.0 Å². The van der Waals surface area contributed by atoms with Crippen molar-refractivity contribution in [2.24, 2.45) is 0 Å². The van der Waals surface area contributed by atoms with Crippen LogP contribution in [0.2, 0.25) is 0 Å². The number of carbonyl (C=O) groups excluding carboxylic acids is 1. The fourth-order valence-corrected chi connectivity index (χ4v) is 4.25. The zero-order chi connectivity index (χ0) is 19.2. The molecule has 5 nitrogen and oxygen atoms in total. The number of aryl methyl sites for hydroxylation is 2. The van der Waals surface area contributed by atoms with Crippen molar-refractivity contribution in [1.82, 2.24) is 9.62 Å². The smallest absolute Gasteiger partial charge is 0.240 e. The van der Waals surface area contributed by atoms with Crippen LogP contribution in [0.3, 0.4) is 0 Å². The minimum Gasteiger partial charge on any atom is -0.334 e. The van der Waals surface area contributed by atoms with Crippen LogP contribution in [0, 0.1) is 13.8 Å². The fourth-order valence-electron chi connectivity index (χ4n) is 2.42. The van der Waals surface area contributed by atoms with E-state index in [0.717, 1.165) is 16.0 Å². The van der Waals surface area contributed by atoms with E-state index in [4.69, 9.17) is 0 Å². The summed E-state index contributed by atoms with van der Waals surface area (Å²) in [4.78, 5) is 15.4. The van der Waals surface area contributed by atoms with Gasteiger partial charge in [0.1, 0.15) is 0 Å². The molecule has 7 heteroatoms. The second-order valence-corrected chi connectivity index (χ2v) is 8.84. The van der Waals surface area contributed by atoms with Gasteiger partial charge in [0.15, 0.2) is 0 Å². The summed E-state index contributed by atoms with van der Waals surface area (Å²) < 4.78 is 27.3. The van der Waals surface area contributed by atoms with Crippen molar-refractivity contribution in [2.45, 2.75) is 31.7 Å². The molecule has 0 atom stereocenters. The predicted octanol–water partition coefficient (Wildman–Crippen LogP) is 3.25. The molecule has 0 radical (unpaired) electrons. The van der Waals surface area contributed by atoms with Gasteiger partial charge in [0.25, 0.3) is 0 Å². The Morgan fingerprint density at radius 2 is 2.04 bits per heavy atom. The first-order valence-electron chi connectivity index (χ1n) is 8.31. The Hall–Kier alpha value is -1.96. The first-order chi connectivity index (χ1) is 12.3. The summed E-state index contributed by atoms with van der Waals surface area (Å²) in [5.41, 5.74) is 1.95. The number of sulfonamides is 1. The Balaban J connectivity index is 1.94. The van der Waals surface area contributed by atoms with Crippen LogP contribution in [0.25, 0.3) is 0 Å². The quantitative estimate of drug-likeness (QED) is 0.666. The molecule has 2 aromatic rings. The number of carbonyl (C=O) groups is 1. The summed E-state index contributed by atoms with van der Waals surface area (Å²) >= 11 is 1.58. The van der Waals surface area contributed by atoms with Gasteiger partial charge >= 0.3 is 0 Å². The summed E-state index contributed by atoms with van der Waals surface area (Å²) in [5.74, 6) is -0.110. The molecule has 26 heavy (non-hydrogen) atoms. The highest BCUT2D eigenvalue weighted by molar-refractivity contribution is 7.89. The van der Waals surface area contributed by atoms with Gasteiger partial charge in [-0.15, -0.1) is 17.9 Å². The molecule has 0 aliphatic heterocycles. The van der Waals surface area contributed by atoms with Crippen molar-refractivity contribution in [1.29, 1.82) is 0 Å². The maximum Gasteiger partial charge on any atom is 0.240 e. The minimum absolute atomic E-state index is 0.0617. The number of thiophene rings is 1. The SMILES string of the molecule is C=CCN(Cc1cccs1)C(=O)CCNS(=O)(=O)c1ccc(C)c(C)c1. The van der Waals surface area contributed by atoms with E-state index in [0.29, 0.717) is 13.1 Å². The lowest BCUT2D eigenvalue weighted by Crippen LogP contribution is -2.34. The van der Waals surface area contributed by atoms with Crippen molar-refractivity contribution < 1.29 is 13.2 Å². The van der Waals surface area contributed by atoms with Gasteiger partial charge in [-0.1, -0.05) is 18.2 Å². The first-order valence-corrected chi connectivity index (χ1v) is 10.7. The molecule has 0 aliphatic rings. The molecule has 0 unspecified atom stereocenters. The topological polar surface area (TPSA) is 66.5 Å². The van der Waals surface area contributed by atoms with E-state index in [1.807, 2.05) is 31.4 Å². The summed E-state index contributed by atoms with van der Waals surface area (Å²) in [7, 11) is -3.62. The van der Waals surface area contributed by atoms with Gasteiger partial charge in [-0.2, -0.15) is 0 Å². The Morgan fingerprint density at radius 1 is 1.27 bits per heavy atom.